The molecule has 21 atom stereocenters. The minimum absolute atomic E-state index is 0.0112. The molecule has 4 aromatic carbocycles. The Morgan fingerprint density at radius 3 is 1.82 bits per heavy atom. The number of aliphatic carboxylic acids is 2. The third-order valence-electron chi connectivity index (χ3n) is 24.6. The van der Waals surface area contributed by atoms with Crippen molar-refractivity contribution in [1.82, 2.24) is 62.0 Å². The maximum atomic E-state index is 15.1. The molecule has 734 valence electrons. The van der Waals surface area contributed by atoms with Crippen molar-refractivity contribution in [2.45, 2.75) is 249 Å². The van der Waals surface area contributed by atoms with Crippen molar-refractivity contribution in [2.75, 3.05) is 71.4 Å². The third kappa shape index (κ3) is 27.2. The Hall–Kier alpha value is -11.6. The summed E-state index contributed by atoms with van der Waals surface area (Å²) >= 11 is 0. The zero-order valence-corrected chi connectivity index (χ0v) is 77.4. The quantitative estimate of drug-likeness (QED) is 0.0244. The standard InChI is InChI=1S/C92H128N14O28/c1-14-50(8)72(62(128-12)43-66(110)105-40-22-30-61(105)79(129-13)51(9)82(117)96-58(42-52-24-16-15-17-25-52)83(118)94-38-23-41-130-90-77(115)73(111)75(113)80(133-90)88(123)124)103(10)87(122)68(48(4)5)99-86(121)71(49(6)7)104(11)92(127)132-45-53-31-33-55(34-32-53)95-84(119)59(46-131-91-78(116)74(112)76(114)81(134-91)89(125)126)97-85(120)67(47(2)3)98-64(108)37-39-93-63(107)35-36-65(109)106-44-54-26-18-19-27-56(54)69-70(101-102-100-69)57-28-20-21-29-60(57)106/h15-21,24-29,31-34,47-51,58-59,61-62,67-68,71-81,90-91,111-116H,14,22-23,30,35-46H2,1-13H3,(H,93,107)(H,94,118)(H,95,119)(H,96,117)(H,97,120)(H,98,108)(H,99,121)(H,123,124)(H,125,126)(H,100,101,102)/t50-,51+,58-,59-,61-,62+,67-,68-,71-,72-,73-,74-,75-,76-,77+,78+,79+,80-,81-,90+,91+/m0/s1/i/hT. The van der Waals surface area contributed by atoms with E-state index in [1.165, 1.54) is 55.3 Å². The Morgan fingerprint density at radius 1 is 0.597 bits per heavy atom. The third-order valence-corrected chi connectivity index (χ3v) is 24.6. The Balaban J connectivity index is 0.779. The molecule has 11 amide bonds. The van der Waals surface area contributed by atoms with Crippen molar-refractivity contribution in [3.63, 3.8) is 0 Å². The molecule has 0 unspecified atom stereocenters. The topological polar surface area (TPSA) is 587 Å². The van der Waals surface area contributed by atoms with Gasteiger partial charge in [-0.1, -0.05) is 159 Å². The second kappa shape index (κ2) is 49.6. The summed E-state index contributed by atoms with van der Waals surface area (Å²) in [6, 6.07) is 21.0. The average molecular weight is 1880 g/mol. The molecule has 42 heteroatoms. The first-order chi connectivity index (χ1) is 64.1. The Bertz CT molecular complexity index is 4900. The monoisotopic (exact) mass is 1880 g/mol. The van der Waals surface area contributed by atoms with Gasteiger partial charge in [0.15, 0.2) is 26.2 Å². The normalized spacial score (nSPS) is 22.2. The van der Waals surface area contributed by atoms with Crippen molar-refractivity contribution in [1.29, 1.82) is 0 Å². The number of carbonyl (C=O) groups excluding carboxylic acids is 11. The second-order valence-corrected chi connectivity index (χ2v) is 35.0. The van der Waals surface area contributed by atoms with Gasteiger partial charge in [0.2, 0.25) is 59.1 Å². The van der Waals surface area contributed by atoms with Crippen LogP contribution in [0.5, 0.6) is 0 Å². The van der Waals surface area contributed by atoms with Crippen LogP contribution in [0.3, 0.4) is 0 Å². The van der Waals surface area contributed by atoms with Crippen molar-refractivity contribution in [3.8, 4) is 22.5 Å². The molecular formula is C92H128N14O28. The molecular weight excluding hydrogens is 1750 g/mol. The first-order valence-electron chi connectivity index (χ1n) is 45.3. The smallest absolute Gasteiger partial charge is 0.410 e. The van der Waals surface area contributed by atoms with Crippen LogP contribution in [0.1, 0.15) is 130 Å². The minimum atomic E-state index is -2.10. The molecule has 0 radical (unpaired) electrons. The zero-order valence-electron chi connectivity index (χ0n) is 78.4. The van der Waals surface area contributed by atoms with E-state index in [4.69, 9.17) is 34.6 Å². The van der Waals surface area contributed by atoms with E-state index in [0.29, 0.717) is 65.1 Å². The number of carboxylic acid groups (broad SMARTS) is 2. The second-order valence-electron chi connectivity index (χ2n) is 35.0. The minimum Gasteiger partial charge on any atom is -0.479 e. The Morgan fingerprint density at radius 2 is 1.21 bits per heavy atom. The number of ether oxygens (including phenoxy) is 7. The predicted molar refractivity (Wildman–Crippen MR) is 479 cm³/mol. The van der Waals surface area contributed by atoms with Gasteiger partial charge in [-0.3, -0.25) is 57.9 Å². The fourth-order valence-corrected chi connectivity index (χ4v) is 16.8. The molecule has 0 saturated carbocycles. The van der Waals surface area contributed by atoms with Gasteiger partial charge in [-0.15, -0.1) is 5.10 Å². The number of hydrogen-bond acceptors (Lipinski definition) is 28. The highest BCUT2D eigenvalue weighted by atomic mass is 16.7. The summed E-state index contributed by atoms with van der Waals surface area (Å²) < 4.78 is 47.9. The molecule has 5 aromatic rings. The lowest BCUT2D eigenvalue weighted by Crippen LogP contribution is -2.61. The fourth-order valence-electron chi connectivity index (χ4n) is 16.8. The molecule has 3 fully saturated rings. The molecule has 134 heavy (non-hydrogen) atoms. The van der Waals surface area contributed by atoms with Crippen LogP contribution >= 0.6 is 0 Å². The number of fused-ring (bicyclic) bond motifs is 5. The van der Waals surface area contributed by atoms with E-state index in [0.717, 1.165) is 15.6 Å². The summed E-state index contributed by atoms with van der Waals surface area (Å²) in [5.74, 6) is -12.6. The molecule has 0 aliphatic carbocycles. The number of para-hydroxylation sites is 1. The molecule has 1 aromatic heterocycles. The number of rotatable bonds is 45. The van der Waals surface area contributed by atoms with Crippen LogP contribution in [0, 0.1) is 29.6 Å². The summed E-state index contributed by atoms with van der Waals surface area (Å²) in [5.41, 5.74) is 4.45. The summed E-state index contributed by atoms with van der Waals surface area (Å²) in [6.45, 7) is 14.2. The molecule has 16 N–H and O–H groups in total. The Labute approximate surface area is 777 Å². The number of aliphatic hydroxyl groups is 6. The van der Waals surface area contributed by atoms with E-state index in [-0.39, 0.29) is 88.9 Å². The maximum Gasteiger partial charge on any atom is 0.410 e. The number of anilines is 2. The van der Waals surface area contributed by atoms with Gasteiger partial charge in [0.1, 0.15) is 79.1 Å². The number of aliphatic hydroxyl groups excluding tert-OH is 6. The van der Waals surface area contributed by atoms with E-state index < -0.39 is 217 Å². The maximum absolute atomic E-state index is 15.1. The van der Waals surface area contributed by atoms with E-state index >= 15 is 4.79 Å². The summed E-state index contributed by atoms with van der Waals surface area (Å²) in [5, 5.41) is 110. The molecule has 3 saturated heterocycles. The number of carbonyl (C=O) groups is 13. The molecule has 5 heterocycles. The van der Waals surface area contributed by atoms with Crippen LogP contribution in [0.25, 0.3) is 22.5 Å². The SMILES string of the molecule is [3H]n1nnc2c1-c1ccccc1CN(C(=O)CCC(=O)NCCC(=O)N[C@H](C(=O)N[C@@H](CO[C@@H]1O[C@H](C(=O)O)[C@@H](O)[C@H](O)[C@H]1O)C(=O)Nc1ccc(COC(=O)N(C)[C@H](C(=O)N[C@H](C(=O)N(C)[C@@H]([C@@H](C)CC)[C@@H](CC(=O)N3CCC[C@H]3[C@H](OC)[C@@H](C)C(=O)N[C@@H](Cc3ccccc3)C(=O)NCCCO[C@@H]3O[C@H](C(=O)O)[C@@H](O)[C@H](O)[C@H]3O)OC)C(C)C)C(C)C)cc1)C(C)C)c1ccccc1-2. The van der Waals surface area contributed by atoms with Gasteiger partial charge in [-0.25, -0.2) is 14.4 Å². The number of aromatic amines is 1. The van der Waals surface area contributed by atoms with Gasteiger partial charge in [0.25, 0.3) is 0 Å². The largest absolute Gasteiger partial charge is 0.479 e. The molecule has 4 aliphatic rings. The number of benzene rings is 4. The van der Waals surface area contributed by atoms with Gasteiger partial charge in [-0.05, 0) is 77.8 Å². The summed E-state index contributed by atoms with van der Waals surface area (Å²) in [7, 11) is 5.78. The zero-order chi connectivity index (χ0) is 99.1. The van der Waals surface area contributed by atoms with Gasteiger partial charge >= 0.3 is 18.0 Å². The van der Waals surface area contributed by atoms with Gasteiger partial charge in [-0.2, -0.15) is 0 Å². The number of methoxy groups -OCH3 is 2. The number of carboxylic acids is 2. The lowest BCUT2D eigenvalue weighted by molar-refractivity contribution is -0.294. The van der Waals surface area contributed by atoms with Crippen molar-refractivity contribution < 1.29 is 138 Å². The molecule has 42 nitrogen and oxygen atoms in total. The number of H-pyrrole nitrogens is 1. The summed E-state index contributed by atoms with van der Waals surface area (Å²) in [6.07, 6.45) is -21.5. The highest BCUT2D eigenvalue weighted by molar-refractivity contribution is 6.02. The van der Waals surface area contributed by atoms with E-state index in [1.807, 2.05) is 26.0 Å². The first kappa shape index (κ1) is 105. The van der Waals surface area contributed by atoms with Gasteiger partial charge in [0, 0.05) is 90.4 Å². The molecule has 0 bridgehead atoms. The van der Waals surface area contributed by atoms with Crippen LogP contribution in [0.15, 0.2) is 103 Å². The fraction of sp³-hybridized carbons (Fsp3) is 0.576. The highest BCUT2D eigenvalue weighted by Crippen LogP contribution is 2.41. The number of amides is 11. The van der Waals surface area contributed by atoms with Crippen LogP contribution in [0.4, 0.5) is 16.2 Å². The highest BCUT2D eigenvalue weighted by Gasteiger charge is 2.51. The molecule has 9 rings (SSSR count). The van der Waals surface area contributed by atoms with Crippen molar-refractivity contribution in [2.24, 2.45) is 29.6 Å². The van der Waals surface area contributed by atoms with Crippen LogP contribution in [-0.2, 0) is 110 Å². The number of aromatic nitrogens is 3. The van der Waals surface area contributed by atoms with Crippen molar-refractivity contribution in [3.05, 3.63) is 120 Å². The molecule has 0 spiro atoms. The van der Waals surface area contributed by atoms with Crippen LogP contribution < -0.4 is 42.1 Å². The first-order valence-corrected chi connectivity index (χ1v) is 44.8. The van der Waals surface area contributed by atoms with E-state index in [2.05, 4.69) is 47.5 Å². The van der Waals surface area contributed by atoms with Gasteiger partial charge in [0.05, 0.1) is 67.8 Å². The average Bonchev–Trinajstić information content (AvgIpc) is 1.65. The predicted octanol–water partition coefficient (Wildman–Crippen LogP) is 1.24. The van der Waals surface area contributed by atoms with Gasteiger partial charge < -0.3 is 126 Å². The number of nitrogens with one attached hydrogen (secondary N) is 8. The van der Waals surface area contributed by atoms with E-state index in [1.54, 1.807) is 127 Å². The number of likely N-dealkylation sites (N-methyl/N-ethyl adjacent to an activating group) is 2. The molecule has 4 aliphatic heterocycles. The van der Waals surface area contributed by atoms with Crippen molar-refractivity contribution >= 4 is 88.5 Å². The van der Waals surface area contributed by atoms with Crippen LogP contribution in [0.2, 0.25) is 1.41 Å². The number of hydrogen-bond donors (Lipinski definition) is 16. The summed E-state index contributed by atoms with van der Waals surface area (Å²) in [4.78, 5) is 186. The number of nitrogens with zero attached hydrogens (tertiary/aromatic N) is 6. The number of likely N-dealkylation sites (tertiary alicyclic amines) is 1. The lowest BCUT2D eigenvalue weighted by atomic mass is 9.89. The lowest BCUT2D eigenvalue weighted by Gasteiger charge is -2.41. The van der Waals surface area contributed by atoms with Crippen LogP contribution in [-0.4, -0.2) is 325 Å². The Kier molecular flexibility index (Phi) is 38.7. The van der Waals surface area contributed by atoms with E-state index in [9.17, 15) is 98.4 Å².